The Morgan fingerprint density at radius 2 is 1.70 bits per heavy atom. The molecule has 0 aromatic heterocycles. The highest BCUT2D eigenvalue weighted by Crippen LogP contribution is 2.60. The van der Waals surface area contributed by atoms with E-state index in [1.54, 1.807) is 55.5 Å². The Morgan fingerprint density at radius 1 is 1.07 bits per heavy atom. The average molecular weight is 601 g/mol. The number of carbonyl (C=O) groups excluding carboxylic acids is 2. The lowest BCUT2D eigenvalue weighted by molar-refractivity contribution is -0.146. The summed E-state index contributed by atoms with van der Waals surface area (Å²) in [6.45, 7) is 10.9. The van der Waals surface area contributed by atoms with E-state index < -0.39 is 13.7 Å². The average Bonchev–Trinajstić information content (AvgIpc) is 3.44. The van der Waals surface area contributed by atoms with Crippen LogP contribution in [-0.2, 0) is 15.1 Å². The van der Waals surface area contributed by atoms with Gasteiger partial charge in [0.05, 0.1) is 34.1 Å². The number of methoxy groups -OCH3 is 2. The molecule has 0 saturated carbocycles. The van der Waals surface area contributed by atoms with Crippen LogP contribution in [0.15, 0.2) is 79.4 Å². The summed E-state index contributed by atoms with van der Waals surface area (Å²) in [4.78, 5) is 29.3. The SMILES string of the molecule is C=CCN1C(=O)[C@]2(O[C@H](CCO)[C@@H]([Si](C)(C)c3ccc(OC)cc3)[C@@H]2C)c2cc(NC(=O)c3ccc(OC)cc3)ccc21. The molecule has 0 bridgehead atoms. The van der Waals surface area contributed by atoms with Crippen LogP contribution in [0, 0.1) is 5.92 Å². The zero-order valence-electron chi connectivity index (χ0n) is 25.4. The number of fused-ring (bicyclic) bond motifs is 2. The molecular weight excluding hydrogens is 560 g/mol. The predicted molar refractivity (Wildman–Crippen MR) is 171 cm³/mol. The van der Waals surface area contributed by atoms with Crippen molar-refractivity contribution < 1.29 is 28.9 Å². The van der Waals surface area contributed by atoms with Crippen LogP contribution in [0.4, 0.5) is 11.4 Å². The summed E-state index contributed by atoms with van der Waals surface area (Å²) in [6.07, 6.45) is 1.79. The van der Waals surface area contributed by atoms with Crippen molar-refractivity contribution in [3.63, 3.8) is 0 Å². The molecule has 1 fully saturated rings. The lowest BCUT2D eigenvalue weighted by atomic mass is 9.82. The topological polar surface area (TPSA) is 97.3 Å². The van der Waals surface area contributed by atoms with Gasteiger partial charge >= 0.3 is 0 Å². The Morgan fingerprint density at radius 3 is 2.28 bits per heavy atom. The van der Waals surface area contributed by atoms with Gasteiger partial charge in [-0.3, -0.25) is 9.59 Å². The van der Waals surface area contributed by atoms with E-state index in [1.165, 1.54) is 5.19 Å². The first-order chi connectivity index (χ1) is 20.6. The molecule has 0 unspecified atom stereocenters. The van der Waals surface area contributed by atoms with Gasteiger partial charge in [-0.25, -0.2) is 0 Å². The van der Waals surface area contributed by atoms with Crippen molar-refractivity contribution >= 4 is 36.4 Å². The van der Waals surface area contributed by atoms with Crippen molar-refractivity contribution in [2.45, 2.75) is 43.7 Å². The fourth-order valence-corrected chi connectivity index (χ4v) is 11.1. The summed E-state index contributed by atoms with van der Waals surface area (Å²) in [5.41, 5.74) is 1.28. The molecule has 2 amide bonds. The summed E-state index contributed by atoms with van der Waals surface area (Å²) in [7, 11) is 0.944. The minimum atomic E-state index is -2.28. The van der Waals surface area contributed by atoms with Crippen LogP contribution in [0.25, 0.3) is 0 Å². The van der Waals surface area contributed by atoms with Gasteiger partial charge in [0.25, 0.3) is 11.8 Å². The van der Waals surface area contributed by atoms with Crippen LogP contribution < -0.4 is 24.9 Å². The Hall–Kier alpha value is -3.92. The van der Waals surface area contributed by atoms with E-state index in [1.807, 2.05) is 24.3 Å². The number of aliphatic hydroxyl groups excluding tert-OH is 1. The van der Waals surface area contributed by atoms with Crippen LogP contribution >= 0.6 is 0 Å². The van der Waals surface area contributed by atoms with Gasteiger partial charge in [-0.05, 0) is 66.6 Å². The third-order valence-corrected chi connectivity index (χ3v) is 13.5. The first kappa shape index (κ1) is 30.5. The Balaban J connectivity index is 1.56. The second kappa shape index (κ2) is 12.0. The maximum atomic E-state index is 14.4. The fraction of sp³-hybridized carbons (Fsp3) is 0.353. The molecule has 0 radical (unpaired) electrons. The van der Waals surface area contributed by atoms with E-state index in [9.17, 15) is 14.7 Å². The molecule has 3 aromatic rings. The molecule has 2 N–H and O–H groups in total. The Kier molecular flexibility index (Phi) is 8.51. The second-order valence-corrected chi connectivity index (χ2v) is 16.5. The van der Waals surface area contributed by atoms with E-state index in [-0.39, 0.29) is 36.0 Å². The van der Waals surface area contributed by atoms with Crippen molar-refractivity contribution in [1.29, 1.82) is 0 Å². The monoisotopic (exact) mass is 600 g/mol. The first-order valence-electron chi connectivity index (χ1n) is 14.6. The molecular formula is C34H40N2O6Si. The van der Waals surface area contributed by atoms with E-state index in [2.05, 4.69) is 44.0 Å². The molecule has 2 heterocycles. The zero-order chi connectivity index (χ0) is 30.9. The number of amides is 2. The quantitative estimate of drug-likeness (QED) is 0.249. The normalized spacial score (nSPS) is 22.9. The van der Waals surface area contributed by atoms with Crippen LogP contribution in [0.5, 0.6) is 11.5 Å². The standard InChI is InChI=1S/C34H40N2O6Si/c1-7-19-36-29-17-10-24(35-32(38)23-8-11-25(40-3)12-9-23)21-28(29)34(33(36)39)22(2)31(30(42-34)18-20-37)43(5,6)27-15-13-26(41-4)14-16-27/h7-17,21-22,30-31,37H,1,18-20H2,2-6H3,(H,35,38)/t22-,30+,31-,34+/m0/s1. The molecule has 1 spiro atoms. The number of nitrogens with zero attached hydrogens (tertiary/aromatic N) is 1. The molecule has 0 aliphatic carbocycles. The predicted octanol–water partition coefficient (Wildman–Crippen LogP) is 5.09. The van der Waals surface area contributed by atoms with Gasteiger partial charge in [-0.15, -0.1) is 6.58 Å². The molecule has 5 rings (SSSR count). The molecule has 43 heavy (non-hydrogen) atoms. The molecule has 226 valence electrons. The van der Waals surface area contributed by atoms with Crippen LogP contribution in [0.3, 0.4) is 0 Å². The molecule has 4 atom stereocenters. The van der Waals surface area contributed by atoms with Crippen molar-refractivity contribution in [3.8, 4) is 11.5 Å². The number of benzene rings is 3. The number of carbonyl (C=O) groups is 2. The third-order valence-electron chi connectivity index (χ3n) is 9.17. The number of nitrogens with one attached hydrogen (secondary N) is 1. The van der Waals surface area contributed by atoms with Crippen LogP contribution in [0.2, 0.25) is 18.6 Å². The van der Waals surface area contributed by atoms with E-state index in [0.717, 1.165) is 17.0 Å². The number of rotatable bonds is 10. The van der Waals surface area contributed by atoms with Crippen molar-refractivity contribution in [1.82, 2.24) is 0 Å². The smallest absolute Gasteiger partial charge is 0.264 e. The van der Waals surface area contributed by atoms with Gasteiger partial charge in [0.2, 0.25) is 0 Å². The van der Waals surface area contributed by atoms with E-state index >= 15 is 0 Å². The minimum absolute atomic E-state index is 0.0195. The largest absolute Gasteiger partial charge is 0.497 e. The second-order valence-electron chi connectivity index (χ2n) is 11.8. The van der Waals surface area contributed by atoms with Gasteiger partial charge < -0.3 is 29.5 Å². The van der Waals surface area contributed by atoms with Gasteiger partial charge in [0.15, 0.2) is 5.60 Å². The van der Waals surface area contributed by atoms with E-state index in [4.69, 9.17) is 14.2 Å². The van der Waals surface area contributed by atoms with Gasteiger partial charge in [-0.1, -0.05) is 43.4 Å². The summed E-state index contributed by atoms with van der Waals surface area (Å²) < 4.78 is 17.5. The Labute approximate surface area is 254 Å². The minimum Gasteiger partial charge on any atom is -0.497 e. The highest BCUT2D eigenvalue weighted by atomic mass is 28.3. The molecule has 3 aromatic carbocycles. The maximum absolute atomic E-state index is 14.4. The highest BCUT2D eigenvalue weighted by Gasteiger charge is 2.66. The summed E-state index contributed by atoms with van der Waals surface area (Å²) in [5, 5.41) is 14.3. The van der Waals surface area contributed by atoms with Gasteiger partial charge in [0.1, 0.15) is 11.5 Å². The van der Waals surface area contributed by atoms with Gasteiger partial charge in [-0.2, -0.15) is 0 Å². The first-order valence-corrected chi connectivity index (χ1v) is 17.7. The molecule has 9 heteroatoms. The number of aliphatic hydroxyl groups is 1. The maximum Gasteiger partial charge on any atom is 0.264 e. The fourth-order valence-electron chi connectivity index (χ4n) is 7.04. The summed E-state index contributed by atoms with van der Waals surface area (Å²) in [6, 6.07) is 20.6. The number of ether oxygens (including phenoxy) is 3. The van der Waals surface area contributed by atoms with E-state index in [0.29, 0.717) is 30.0 Å². The summed E-state index contributed by atoms with van der Waals surface area (Å²) in [5.74, 6) is 0.836. The highest BCUT2D eigenvalue weighted by molar-refractivity contribution is 6.91. The van der Waals surface area contributed by atoms with Crippen LogP contribution in [0.1, 0.15) is 29.3 Å². The van der Waals surface area contributed by atoms with Crippen molar-refractivity contribution in [2.75, 3.05) is 37.6 Å². The lowest BCUT2D eigenvalue weighted by Crippen LogP contribution is -2.51. The summed E-state index contributed by atoms with van der Waals surface area (Å²) >= 11 is 0. The van der Waals surface area contributed by atoms with Crippen molar-refractivity contribution in [2.24, 2.45) is 5.92 Å². The van der Waals surface area contributed by atoms with Crippen molar-refractivity contribution in [3.05, 3.63) is 90.5 Å². The lowest BCUT2D eigenvalue weighted by Gasteiger charge is -2.37. The number of hydrogen-bond acceptors (Lipinski definition) is 6. The van der Waals surface area contributed by atoms with Crippen LogP contribution in [-0.4, -0.2) is 58.5 Å². The number of anilines is 2. The Bertz CT molecular complexity index is 1510. The molecule has 2 aliphatic rings. The van der Waals surface area contributed by atoms with Gasteiger partial charge in [0, 0.05) is 35.9 Å². The zero-order valence-corrected chi connectivity index (χ0v) is 26.4. The number of hydrogen-bond donors (Lipinski definition) is 2. The third kappa shape index (κ3) is 5.15. The molecule has 1 saturated heterocycles. The molecule has 2 aliphatic heterocycles. The molecule has 8 nitrogen and oxygen atoms in total.